The van der Waals surface area contributed by atoms with Crippen LogP contribution in [0.5, 0.6) is 0 Å². The minimum atomic E-state index is -4.40. The van der Waals surface area contributed by atoms with E-state index in [1.54, 1.807) is 6.07 Å². The van der Waals surface area contributed by atoms with Gasteiger partial charge in [-0.15, -0.1) is 0 Å². The predicted molar refractivity (Wildman–Crippen MR) is 211 cm³/mol. The summed E-state index contributed by atoms with van der Waals surface area (Å²) in [6, 6.07) is 18.6. The average Bonchev–Trinajstić information content (AvgIpc) is 3.72. The van der Waals surface area contributed by atoms with Crippen LogP contribution in [0.2, 0.25) is 0 Å². The maximum absolute atomic E-state index is 14.5. The SMILES string of the molecule is CC(C)N1CCC(N(Cc2ccc(-c3ccc(C(F)(F)F)cc3)cc2)C(=O)Cn2c(CCc3cccc(F)c3F)cc(=O)c3c2CCC3)CC1.O=C(O)C(O)C(O)C(=O)O. The first-order valence-electron chi connectivity index (χ1n) is 19.6. The Balaban J connectivity index is 0.000000606. The number of fused-ring (bicyclic) bond motifs is 1. The number of benzene rings is 3. The molecule has 0 saturated carbocycles. The van der Waals surface area contributed by atoms with Crippen molar-refractivity contribution in [3.8, 4) is 11.1 Å². The van der Waals surface area contributed by atoms with E-state index in [1.165, 1.54) is 24.3 Å². The van der Waals surface area contributed by atoms with Crippen LogP contribution in [0.1, 0.15) is 66.8 Å². The lowest BCUT2D eigenvalue weighted by Crippen LogP contribution is -2.49. The molecular weight excluding hydrogens is 793 g/mol. The van der Waals surface area contributed by atoms with Crippen molar-refractivity contribution in [1.29, 1.82) is 0 Å². The number of aromatic nitrogens is 1. The second-order valence-corrected chi connectivity index (χ2v) is 15.3. The number of alkyl halides is 3. The zero-order valence-corrected chi connectivity index (χ0v) is 33.2. The van der Waals surface area contributed by atoms with Gasteiger partial charge in [0.2, 0.25) is 5.91 Å². The largest absolute Gasteiger partial charge is 0.479 e. The number of piperidine rings is 1. The van der Waals surface area contributed by atoms with Gasteiger partial charge in [0.05, 0.1) is 5.56 Å². The van der Waals surface area contributed by atoms with E-state index in [4.69, 9.17) is 20.4 Å². The molecular formula is C44H48F5N3O8. The van der Waals surface area contributed by atoms with Crippen LogP contribution < -0.4 is 5.43 Å². The van der Waals surface area contributed by atoms with E-state index < -0.39 is 47.5 Å². The highest BCUT2D eigenvalue weighted by molar-refractivity contribution is 5.83. The Morgan fingerprint density at radius 2 is 1.42 bits per heavy atom. The molecule has 2 unspecified atom stereocenters. The molecule has 0 bridgehead atoms. The van der Waals surface area contributed by atoms with Gasteiger partial charge in [-0.2, -0.15) is 13.2 Å². The quantitative estimate of drug-likeness (QED) is 0.121. The Kier molecular flexibility index (Phi) is 15.0. The first-order valence-corrected chi connectivity index (χ1v) is 19.6. The van der Waals surface area contributed by atoms with E-state index in [0.717, 1.165) is 67.4 Å². The van der Waals surface area contributed by atoms with Gasteiger partial charge in [0.25, 0.3) is 0 Å². The van der Waals surface area contributed by atoms with E-state index >= 15 is 0 Å². The lowest BCUT2D eigenvalue weighted by atomic mass is 9.99. The summed E-state index contributed by atoms with van der Waals surface area (Å²) in [6.45, 7) is 6.42. The predicted octanol–water partition coefficient (Wildman–Crippen LogP) is 5.87. The molecule has 1 aliphatic carbocycles. The number of aliphatic hydroxyl groups excluding tert-OH is 2. The molecule has 0 spiro atoms. The second kappa shape index (κ2) is 19.7. The lowest BCUT2D eigenvalue weighted by Gasteiger charge is -2.40. The lowest BCUT2D eigenvalue weighted by molar-refractivity contribution is -0.165. The van der Waals surface area contributed by atoms with Gasteiger partial charge in [-0.1, -0.05) is 48.5 Å². The third kappa shape index (κ3) is 11.2. The number of hydrogen-bond donors (Lipinski definition) is 4. The summed E-state index contributed by atoms with van der Waals surface area (Å²) < 4.78 is 69.7. The van der Waals surface area contributed by atoms with Crippen molar-refractivity contribution in [2.24, 2.45) is 0 Å². The number of nitrogens with zero attached hydrogens (tertiary/aromatic N) is 3. The van der Waals surface area contributed by atoms with Crippen molar-refractivity contribution in [2.45, 2.75) is 102 Å². The van der Waals surface area contributed by atoms with Gasteiger partial charge in [-0.3, -0.25) is 9.59 Å². The average molecular weight is 842 g/mol. The molecule has 2 aliphatic rings. The van der Waals surface area contributed by atoms with Crippen LogP contribution in [0.3, 0.4) is 0 Å². The molecule has 16 heteroatoms. The molecule has 0 radical (unpaired) electrons. The van der Waals surface area contributed by atoms with Gasteiger partial charge in [0.15, 0.2) is 29.3 Å². The maximum atomic E-state index is 14.5. The van der Waals surface area contributed by atoms with Gasteiger partial charge in [0.1, 0.15) is 6.54 Å². The third-order valence-electron chi connectivity index (χ3n) is 11.1. The Morgan fingerprint density at radius 3 is 1.97 bits per heavy atom. The van der Waals surface area contributed by atoms with E-state index in [2.05, 4.69) is 18.7 Å². The summed E-state index contributed by atoms with van der Waals surface area (Å²) in [5.41, 5.74) is 3.95. The number of rotatable bonds is 13. The fourth-order valence-corrected chi connectivity index (χ4v) is 7.67. The summed E-state index contributed by atoms with van der Waals surface area (Å²) in [5.74, 6) is -5.45. The number of carboxylic acid groups (broad SMARTS) is 2. The first kappa shape index (κ1) is 45.6. The van der Waals surface area contributed by atoms with E-state index in [0.29, 0.717) is 42.2 Å². The Bertz CT molecular complexity index is 2180. The van der Waals surface area contributed by atoms with Crippen LogP contribution in [0.4, 0.5) is 22.0 Å². The Hall–Kier alpha value is -5.45. The summed E-state index contributed by atoms with van der Waals surface area (Å²) in [5, 5.41) is 32.5. The zero-order chi connectivity index (χ0) is 43.9. The Labute approximate surface area is 343 Å². The monoisotopic (exact) mass is 841 g/mol. The highest BCUT2D eigenvalue weighted by Crippen LogP contribution is 2.31. The van der Waals surface area contributed by atoms with Gasteiger partial charge in [-0.05, 0) is 99.2 Å². The van der Waals surface area contributed by atoms with Crippen molar-refractivity contribution in [2.75, 3.05) is 13.1 Å². The molecule has 2 atom stereocenters. The number of pyridine rings is 1. The number of amides is 1. The van der Waals surface area contributed by atoms with Gasteiger partial charge in [-0.25, -0.2) is 18.4 Å². The molecule has 4 aromatic rings. The molecule has 2 heterocycles. The molecule has 4 N–H and O–H groups in total. The molecule has 1 saturated heterocycles. The number of likely N-dealkylation sites (tertiary alicyclic amines) is 1. The molecule has 6 rings (SSSR count). The van der Waals surface area contributed by atoms with Crippen LogP contribution in [-0.2, 0) is 59.3 Å². The highest BCUT2D eigenvalue weighted by Gasteiger charge is 2.32. The third-order valence-corrected chi connectivity index (χ3v) is 11.1. The van der Waals surface area contributed by atoms with Crippen molar-refractivity contribution in [1.82, 2.24) is 14.4 Å². The topological polar surface area (TPSA) is 161 Å². The van der Waals surface area contributed by atoms with Crippen molar-refractivity contribution < 1.29 is 56.8 Å². The van der Waals surface area contributed by atoms with Crippen molar-refractivity contribution in [3.05, 3.63) is 128 Å². The molecule has 1 amide bonds. The van der Waals surface area contributed by atoms with Crippen LogP contribution in [0.25, 0.3) is 11.1 Å². The smallest absolute Gasteiger partial charge is 0.416 e. The van der Waals surface area contributed by atoms with Crippen LogP contribution in [0, 0.1) is 11.6 Å². The molecule has 3 aromatic carbocycles. The summed E-state index contributed by atoms with van der Waals surface area (Å²) >= 11 is 0. The van der Waals surface area contributed by atoms with Crippen molar-refractivity contribution >= 4 is 17.8 Å². The number of aliphatic hydroxyl groups is 2. The van der Waals surface area contributed by atoms with E-state index in [9.17, 15) is 41.1 Å². The molecule has 11 nitrogen and oxygen atoms in total. The molecule has 60 heavy (non-hydrogen) atoms. The maximum Gasteiger partial charge on any atom is 0.416 e. The minimum absolute atomic E-state index is 0.00985. The number of carboxylic acids is 2. The summed E-state index contributed by atoms with van der Waals surface area (Å²) in [6.07, 6.45) is -4.75. The number of hydrogen-bond acceptors (Lipinski definition) is 7. The normalized spacial score (nSPS) is 15.5. The zero-order valence-electron chi connectivity index (χ0n) is 33.2. The van der Waals surface area contributed by atoms with Crippen LogP contribution in [0.15, 0.2) is 77.6 Å². The fraction of sp³-hybridized carbons (Fsp3) is 0.409. The van der Waals surface area contributed by atoms with E-state index in [1.807, 2.05) is 33.7 Å². The van der Waals surface area contributed by atoms with Crippen molar-refractivity contribution in [3.63, 3.8) is 0 Å². The van der Waals surface area contributed by atoms with Crippen LogP contribution in [-0.4, -0.2) is 90.0 Å². The van der Waals surface area contributed by atoms with E-state index in [-0.39, 0.29) is 42.3 Å². The first-order chi connectivity index (χ1) is 28.3. The second-order valence-electron chi connectivity index (χ2n) is 15.3. The standard InChI is InChI=1S/C40H42F5N3O2.C4H6O6/c1-26(2)46-21-19-32(20-22-46)48(24-27-9-11-28(12-10-27)29-13-16-31(17-14-29)40(43,44)45)38(50)25-47-33(23-37(49)34-6-4-8-36(34)47)18-15-30-5-3-7-35(41)39(30)42;5-1(3(7)8)2(6)4(9)10/h3,5,7,9-14,16-17,23,26,32H,4,6,8,15,18-22,24-25H2,1-2H3;1-2,5-6H,(H,7,8)(H,9,10). The molecule has 322 valence electrons. The number of aliphatic carboxylic acids is 2. The molecule has 1 aliphatic heterocycles. The fourth-order valence-electron chi connectivity index (χ4n) is 7.67. The molecule has 1 fully saturated rings. The molecule has 1 aromatic heterocycles. The summed E-state index contributed by atoms with van der Waals surface area (Å²) in [4.78, 5) is 51.4. The number of carbonyl (C=O) groups excluding carboxylic acids is 1. The Morgan fingerprint density at radius 1 is 0.833 bits per heavy atom. The summed E-state index contributed by atoms with van der Waals surface area (Å²) in [7, 11) is 0. The van der Waals surface area contributed by atoms with Crippen LogP contribution >= 0.6 is 0 Å². The highest BCUT2D eigenvalue weighted by atomic mass is 19.4. The van der Waals surface area contributed by atoms with Gasteiger partial charge >= 0.3 is 18.1 Å². The van der Waals surface area contributed by atoms with Gasteiger partial charge < -0.3 is 34.8 Å². The number of halogens is 5. The number of aryl methyl sites for hydroxylation is 2. The number of carbonyl (C=O) groups is 3. The van der Waals surface area contributed by atoms with Gasteiger partial charge in [0, 0.05) is 54.7 Å². The minimum Gasteiger partial charge on any atom is -0.479 e.